The lowest BCUT2D eigenvalue weighted by atomic mass is 10.3. The van der Waals surface area contributed by atoms with E-state index in [1.807, 2.05) is 48.8 Å². The van der Waals surface area contributed by atoms with E-state index in [0.29, 0.717) is 16.7 Å². The van der Waals surface area contributed by atoms with E-state index in [2.05, 4.69) is 25.9 Å². The molecule has 0 atom stereocenters. The Morgan fingerprint density at radius 2 is 1.44 bits per heavy atom. The number of rotatable bonds is 3. The van der Waals surface area contributed by atoms with Gasteiger partial charge < -0.3 is 0 Å². The standard InChI is InChI=1S/C9H7BrN2O.C9H8N2O/c10-5-8(13)7-6-11-9-3-1-2-4-12(7)9;1-7(12)8-6-10-9-4-2-3-5-11(8)9/h1-4,6H,5H2;2-6H,1H3. The van der Waals surface area contributed by atoms with E-state index in [-0.39, 0.29) is 11.6 Å². The van der Waals surface area contributed by atoms with Crippen molar-refractivity contribution >= 4 is 38.8 Å². The Kier molecular flexibility index (Phi) is 5.04. The maximum absolute atomic E-state index is 11.4. The summed E-state index contributed by atoms with van der Waals surface area (Å²) in [6.45, 7) is 1.54. The SMILES string of the molecule is CC(=O)c1cnc2ccccn12.O=C(CBr)c1cnc2ccccn12. The molecular weight excluding hydrogens is 384 g/mol. The number of hydrogen-bond acceptors (Lipinski definition) is 4. The van der Waals surface area contributed by atoms with Gasteiger partial charge in [0.15, 0.2) is 11.6 Å². The number of alkyl halides is 1. The number of imidazole rings is 2. The topological polar surface area (TPSA) is 68.7 Å². The number of carbonyl (C=O) groups is 2. The molecule has 0 bridgehead atoms. The van der Waals surface area contributed by atoms with Crippen molar-refractivity contribution in [3.05, 3.63) is 72.6 Å². The first kappa shape index (κ1) is 17.0. The lowest BCUT2D eigenvalue weighted by molar-refractivity contribution is 0.100. The van der Waals surface area contributed by atoms with Crippen LogP contribution in [0.1, 0.15) is 27.9 Å². The Hall–Kier alpha value is -2.80. The van der Waals surface area contributed by atoms with Gasteiger partial charge in [-0.2, -0.15) is 0 Å². The molecule has 0 amide bonds. The highest BCUT2D eigenvalue weighted by atomic mass is 79.9. The van der Waals surface area contributed by atoms with Gasteiger partial charge in [-0.3, -0.25) is 18.4 Å². The minimum atomic E-state index is 0.0358. The Labute approximate surface area is 152 Å². The van der Waals surface area contributed by atoms with Crippen molar-refractivity contribution in [2.75, 3.05) is 5.33 Å². The van der Waals surface area contributed by atoms with Crippen molar-refractivity contribution < 1.29 is 9.59 Å². The van der Waals surface area contributed by atoms with Crippen molar-refractivity contribution in [1.82, 2.24) is 18.8 Å². The number of ketones is 2. The summed E-state index contributed by atoms with van der Waals surface area (Å²) < 4.78 is 3.56. The fourth-order valence-electron chi connectivity index (χ4n) is 2.40. The second kappa shape index (κ2) is 7.40. The molecule has 4 aromatic heterocycles. The van der Waals surface area contributed by atoms with Gasteiger partial charge in [0.2, 0.25) is 0 Å². The largest absolute Gasteiger partial charge is 0.297 e. The van der Waals surface area contributed by atoms with Gasteiger partial charge in [0.1, 0.15) is 22.7 Å². The number of pyridine rings is 2. The zero-order chi connectivity index (χ0) is 17.8. The van der Waals surface area contributed by atoms with Crippen LogP contribution in [-0.2, 0) is 0 Å². The number of aromatic nitrogens is 4. The van der Waals surface area contributed by atoms with E-state index in [0.717, 1.165) is 11.3 Å². The molecule has 0 saturated carbocycles. The zero-order valence-electron chi connectivity index (χ0n) is 13.5. The van der Waals surface area contributed by atoms with Gasteiger partial charge in [-0.25, -0.2) is 9.97 Å². The molecule has 6 nitrogen and oxygen atoms in total. The predicted octanol–water partition coefficient (Wildman–Crippen LogP) is 3.45. The molecule has 0 aliphatic heterocycles. The molecule has 25 heavy (non-hydrogen) atoms. The Balaban J connectivity index is 0.000000146. The van der Waals surface area contributed by atoms with Gasteiger partial charge in [-0.05, 0) is 24.3 Å². The molecular formula is C18H15BrN4O2. The van der Waals surface area contributed by atoms with E-state index >= 15 is 0 Å². The van der Waals surface area contributed by atoms with E-state index in [1.165, 1.54) is 6.92 Å². The average Bonchev–Trinajstić information content (AvgIpc) is 3.26. The number of fused-ring (bicyclic) bond motifs is 2. The zero-order valence-corrected chi connectivity index (χ0v) is 15.0. The molecule has 4 aromatic rings. The van der Waals surface area contributed by atoms with Crippen LogP contribution in [0.4, 0.5) is 0 Å². The highest BCUT2D eigenvalue weighted by Gasteiger charge is 2.09. The normalized spacial score (nSPS) is 10.5. The molecule has 0 aliphatic rings. The molecule has 7 heteroatoms. The molecule has 4 rings (SSSR count). The van der Waals surface area contributed by atoms with Crippen LogP contribution in [0.5, 0.6) is 0 Å². The molecule has 0 spiro atoms. The first-order valence-electron chi connectivity index (χ1n) is 7.56. The molecule has 0 aliphatic carbocycles. The summed E-state index contributed by atoms with van der Waals surface area (Å²) in [6, 6.07) is 11.3. The summed E-state index contributed by atoms with van der Waals surface area (Å²) >= 11 is 3.13. The lowest BCUT2D eigenvalue weighted by Gasteiger charge is -1.96. The van der Waals surface area contributed by atoms with Gasteiger partial charge in [-0.15, -0.1) is 0 Å². The van der Waals surface area contributed by atoms with Crippen LogP contribution in [0.15, 0.2) is 61.2 Å². The second-order valence-electron chi connectivity index (χ2n) is 5.26. The lowest BCUT2D eigenvalue weighted by Crippen LogP contribution is -2.03. The van der Waals surface area contributed by atoms with Gasteiger partial charge in [0, 0.05) is 19.3 Å². The highest BCUT2D eigenvalue weighted by Crippen LogP contribution is 2.07. The molecule has 0 radical (unpaired) electrons. The van der Waals surface area contributed by atoms with Gasteiger partial charge in [0.25, 0.3) is 0 Å². The Morgan fingerprint density at radius 1 is 0.920 bits per heavy atom. The van der Waals surface area contributed by atoms with Crippen LogP contribution in [0.2, 0.25) is 0 Å². The summed E-state index contributed by atoms with van der Waals surface area (Å²) in [7, 11) is 0. The van der Waals surface area contributed by atoms with Gasteiger partial charge in [0.05, 0.1) is 17.7 Å². The van der Waals surface area contributed by atoms with Crippen molar-refractivity contribution in [2.45, 2.75) is 6.92 Å². The van der Waals surface area contributed by atoms with E-state index in [1.54, 1.807) is 21.2 Å². The number of carbonyl (C=O) groups excluding carboxylic acids is 2. The first-order chi connectivity index (χ1) is 12.1. The van der Waals surface area contributed by atoms with Gasteiger partial charge in [-0.1, -0.05) is 28.1 Å². The van der Waals surface area contributed by atoms with E-state index in [4.69, 9.17) is 0 Å². The maximum atomic E-state index is 11.4. The third kappa shape index (κ3) is 3.51. The minimum Gasteiger partial charge on any atom is -0.297 e. The second-order valence-corrected chi connectivity index (χ2v) is 5.82. The number of nitrogens with zero attached hydrogens (tertiary/aromatic N) is 4. The highest BCUT2D eigenvalue weighted by molar-refractivity contribution is 9.09. The van der Waals surface area contributed by atoms with Crippen LogP contribution in [-0.4, -0.2) is 35.7 Å². The van der Waals surface area contributed by atoms with E-state index < -0.39 is 0 Å². The predicted molar refractivity (Wildman–Crippen MR) is 98.5 cm³/mol. The van der Waals surface area contributed by atoms with Crippen molar-refractivity contribution in [1.29, 1.82) is 0 Å². The van der Waals surface area contributed by atoms with Crippen molar-refractivity contribution in [2.24, 2.45) is 0 Å². The first-order valence-corrected chi connectivity index (χ1v) is 8.68. The van der Waals surface area contributed by atoms with Crippen LogP contribution in [0, 0.1) is 0 Å². The average molecular weight is 399 g/mol. The summed E-state index contributed by atoms with van der Waals surface area (Å²) in [4.78, 5) is 30.6. The molecule has 126 valence electrons. The molecule has 0 N–H and O–H groups in total. The smallest absolute Gasteiger partial charge is 0.191 e. The van der Waals surface area contributed by atoms with Crippen LogP contribution < -0.4 is 0 Å². The number of hydrogen-bond donors (Lipinski definition) is 0. The summed E-state index contributed by atoms with van der Waals surface area (Å²) in [5, 5.41) is 0.329. The summed E-state index contributed by atoms with van der Waals surface area (Å²) in [5.74, 6) is 0.0763. The van der Waals surface area contributed by atoms with E-state index in [9.17, 15) is 9.59 Å². The van der Waals surface area contributed by atoms with Crippen molar-refractivity contribution in [3.63, 3.8) is 0 Å². The number of Topliss-reactive ketones (excluding diaryl/α,β-unsaturated/α-hetero) is 2. The Morgan fingerprint density at radius 3 is 1.96 bits per heavy atom. The van der Waals surface area contributed by atoms with Crippen LogP contribution in [0.3, 0.4) is 0 Å². The molecule has 0 fully saturated rings. The quantitative estimate of drug-likeness (QED) is 0.391. The minimum absolute atomic E-state index is 0.0358. The number of halogens is 1. The fraction of sp³-hybridized carbons (Fsp3) is 0.111. The Bertz CT molecular complexity index is 1050. The van der Waals surface area contributed by atoms with Crippen LogP contribution >= 0.6 is 15.9 Å². The molecule has 0 unspecified atom stereocenters. The third-order valence-electron chi connectivity index (χ3n) is 3.60. The molecule has 0 saturated heterocycles. The van der Waals surface area contributed by atoms with Crippen molar-refractivity contribution in [3.8, 4) is 0 Å². The fourth-order valence-corrected chi connectivity index (χ4v) is 2.69. The molecule has 4 heterocycles. The maximum Gasteiger partial charge on any atom is 0.191 e. The summed E-state index contributed by atoms with van der Waals surface area (Å²) in [5.41, 5.74) is 2.85. The third-order valence-corrected chi connectivity index (χ3v) is 4.11. The monoisotopic (exact) mass is 398 g/mol. The van der Waals surface area contributed by atoms with Gasteiger partial charge >= 0.3 is 0 Å². The van der Waals surface area contributed by atoms with Crippen LogP contribution in [0.25, 0.3) is 11.3 Å². The molecule has 0 aromatic carbocycles. The summed E-state index contributed by atoms with van der Waals surface area (Å²) in [6.07, 6.45) is 6.86.